The molecule has 1 rings (SSSR count). The van der Waals surface area contributed by atoms with E-state index in [0.717, 1.165) is 0 Å². The van der Waals surface area contributed by atoms with E-state index in [1.54, 1.807) is 0 Å². The molecule has 7 heteroatoms. The molecular formula is C9H9BrN2O4. The number of para-hydroxylation sites is 1. The first-order valence-electron chi connectivity index (χ1n) is 4.27. The monoisotopic (exact) mass is 288 g/mol. The van der Waals surface area contributed by atoms with Crippen LogP contribution >= 0.6 is 15.9 Å². The van der Waals surface area contributed by atoms with Crippen LogP contribution in [0.2, 0.25) is 0 Å². The van der Waals surface area contributed by atoms with Gasteiger partial charge in [0.1, 0.15) is 5.75 Å². The summed E-state index contributed by atoms with van der Waals surface area (Å²) in [5.41, 5.74) is -0.131. The van der Waals surface area contributed by atoms with Crippen LogP contribution in [0.5, 0.6) is 5.75 Å². The number of nitro groups is 1. The van der Waals surface area contributed by atoms with Gasteiger partial charge in [0.2, 0.25) is 5.91 Å². The molecule has 0 aliphatic heterocycles. The number of benzene rings is 1. The molecule has 1 N–H and O–H groups in total. The van der Waals surface area contributed by atoms with Gasteiger partial charge in [0.05, 0.1) is 17.4 Å². The minimum atomic E-state index is -0.577. The first-order valence-corrected chi connectivity index (χ1v) is 5.39. The van der Waals surface area contributed by atoms with Gasteiger partial charge in [-0.3, -0.25) is 14.9 Å². The number of carbonyl (C=O) groups is 1. The Hall–Kier alpha value is -1.63. The van der Waals surface area contributed by atoms with E-state index in [2.05, 4.69) is 21.2 Å². The van der Waals surface area contributed by atoms with Gasteiger partial charge in [-0.25, -0.2) is 0 Å². The van der Waals surface area contributed by atoms with Crippen molar-refractivity contribution in [2.75, 3.05) is 17.8 Å². The smallest absolute Gasteiger partial charge is 0.296 e. The van der Waals surface area contributed by atoms with Crippen LogP contribution in [0, 0.1) is 10.1 Å². The average Bonchev–Trinajstić information content (AvgIpc) is 2.28. The number of carbonyl (C=O) groups excluding carboxylic acids is 1. The first-order chi connectivity index (χ1) is 7.60. The van der Waals surface area contributed by atoms with Gasteiger partial charge in [0.25, 0.3) is 5.69 Å². The largest absolute Gasteiger partial charge is 0.494 e. The van der Waals surface area contributed by atoms with Crippen molar-refractivity contribution in [1.82, 2.24) is 0 Å². The number of hydrogen-bond donors (Lipinski definition) is 1. The van der Waals surface area contributed by atoms with Crippen LogP contribution in [-0.2, 0) is 4.79 Å². The van der Waals surface area contributed by atoms with Crippen LogP contribution in [0.3, 0.4) is 0 Å². The lowest BCUT2D eigenvalue weighted by Crippen LogP contribution is -2.14. The second-order valence-corrected chi connectivity index (χ2v) is 3.35. The number of rotatable bonds is 4. The zero-order chi connectivity index (χ0) is 12.1. The van der Waals surface area contributed by atoms with Crippen molar-refractivity contribution in [2.45, 2.75) is 0 Å². The number of ether oxygens (including phenoxy) is 1. The summed E-state index contributed by atoms with van der Waals surface area (Å²) in [5.74, 6) is -0.129. The van der Waals surface area contributed by atoms with E-state index >= 15 is 0 Å². The van der Waals surface area contributed by atoms with Gasteiger partial charge in [0.15, 0.2) is 5.69 Å². The van der Waals surface area contributed by atoms with Crippen LogP contribution in [-0.4, -0.2) is 23.3 Å². The average molecular weight is 289 g/mol. The Morgan fingerprint density at radius 1 is 1.62 bits per heavy atom. The van der Waals surface area contributed by atoms with Gasteiger partial charge < -0.3 is 10.1 Å². The molecule has 0 aliphatic rings. The molecule has 1 aromatic carbocycles. The summed E-state index contributed by atoms with van der Waals surface area (Å²) in [5, 5.41) is 13.2. The highest BCUT2D eigenvalue weighted by Crippen LogP contribution is 2.33. The highest BCUT2D eigenvalue weighted by Gasteiger charge is 2.19. The van der Waals surface area contributed by atoms with Gasteiger partial charge in [-0.15, -0.1) is 0 Å². The fourth-order valence-electron chi connectivity index (χ4n) is 1.14. The summed E-state index contributed by atoms with van der Waals surface area (Å²) in [6.45, 7) is 0. The maximum absolute atomic E-state index is 11.2. The summed E-state index contributed by atoms with van der Waals surface area (Å²) in [7, 11) is 1.38. The fraction of sp³-hybridized carbons (Fsp3) is 0.222. The van der Waals surface area contributed by atoms with Crippen LogP contribution in [0.4, 0.5) is 11.4 Å². The first kappa shape index (κ1) is 12.4. The molecule has 0 fully saturated rings. The van der Waals surface area contributed by atoms with Crippen molar-refractivity contribution in [3.63, 3.8) is 0 Å². The predicted molar refractivity (Wildman–Crippen MR) is 62.1 cm³/mol. The zero-order valence-electron chi connectivity index (χ0n) is 8.40. The Balaban J connectivity index is 3.19. The van der Waals surface area contributed by atoms with Crippen molar-refractivity contribution < 1.29 is 14.5 Å². The maximum atomic E-state index is 11.2. The van der Waals surface area contributed by atoms with Crippen molar-refractivity contribution >= 4 is 33.2 Å². The van der Waals surface area contributed by atoms with E-state index in [4.69, 9.17) is 4.74 Å². The molecule has 0 bridgehead atoms. The molecular weight excluding hydrogens is 280 g/mol. The number of alkyl halides is 1. The molecule has 6 nitrogen and oxygen atoms in total. The molecule has 1 amide bonds. The van der Waals surface area contributed by atoms with Crippen molar-refractivity contribution in [1.29, 1.82) is 0 Å². The number of nitrogens with one attached hydrogen (secondary N) is 1. The third kappa shape index (κ3) is 2.69. The van der Waals surface area contributed by atoms with Crippen LogP contribution in [0.15, 0.2) is 18.2 Å². The van der Waals surface area contributed by atoms with Crippen molar-refractivity contribution in [3.8, 4) is 5.75 Å². The lowest BCUT2D eigenvalue weighted by molar-refractivity contribution is -0.384. The second-order valence-electron chi connectivity index (χ2n) is 2.79. The normalized spacial score (nSPS) is 9.62. The lowest BCUT2D eigenvalue weighted by Gasteiger charge is -2.09. The summed E-state index contributed by atoms with van der Waals surface area (Å²) < 4.78 is 4.95. The van der Waals surface area contributed by atoms with Crippen molar-refractivity contribution in [2.24, 2.45) is 0 Å². The Morgan fingerprint density at radius 2 is 2.31 bits per heavy atom. The van der Waals surface area contributed by atoms with Gasteiger partial charge >= 0.3 is 0 Å². The molecule has 0 saturated carbocycles. The molecule has 0 spiro atoms. The van der Waals surface area contributed by atoms with E-state index in [9.17, 15) is 14.9 Å². The highest BCUT2D eigenvalue weighted by atomic mass is 79.9. The summed E-state index contributed by atoms with van der Waals surface area (Å²) in [6.07, 6.45) is 0. The predicted octanol–water partition coefficient (Wildman–Crippen LogP) is 1.94. The molecule has 0 radical (unpaired) electrons. The second kappa shape index (κ2) is 5.45. The van der Waals surface area contributed by atoms with Gasteiger partial charge in [-0.2, -0.15) is 0 Å². The maximum Gasteiger partial charge on any atom is 0.296 e. The minimum Gasteiger partial charge on any atom is -0.494 e. The SMILES string of the molecule is COc1cccc([N+](=O)[O-])c1NC(=O)CBr. The van der Waals surface area contributed by atoms with Gasteiger partial charge in [-0.05, 0) is 6.07 Å². The molecule has 0 unspecified atom stereocenters. The lowest BCUT2D eigenvalue weighted by atomic mass is 10.2. The van der Waals surface area contributed by atoms with Gasteiger partial charge in [0, 0.05) is 6.07 Å². The molecule has 0 aliphatic carbocycles. The number of nitrogens with zero attached hydrogens (tertiary/aromatic N) is 1. The summed E-state index contributed by atoms with van der Waals surface area (Å²) >= 11 is 2.96. The topological polar surface area (TPSA) is 81.5 Å². The van der Waals surface area contributed by atoms with Gasteiger partial charge in [-0.1, -0.05) is 22.0 Å². The van der Waals surface area contributed by atoms with Crippen LogP contribution in [0.25, 0.3) is 0 Å². The summed E-state index contributed by atoms with van der Waals surface area (Å²) in [4.78, 5) is 21.4. The Bertz CT molecular complexity index is 422. The molecule has 0 atom stereocenters. The molecule has 1 aromatic rings. The van der Waals surface area contributed by atoms with E-state index in [1.807, 2.05) is 0 Å². The van der Waals surface area contributed by atoms with E-state index in [-0.39, 0.29) is 28.4 Å². The standard InChI is InChI=1S/C9H9BrN2O4/c1-16-7-4-2-3-6(12(14)15)9(7)11-8(13)5-10/h2-4H,5H2,1H3,(H,11,13). The molecule has 0 aromatic heterocycles. The number of amides is 1. The van der Waals surface area contributed by atoms with Crippen molar-refractivity contribution in [3.05, 3.63) is 28.3 Å². The molecule has 86 valence electrons. The van der Waals surface area contributed by atoms with Crippen LogP contribution < -0.4 is 10.1 Å². The zero-order valence-corrected chi connectivity index (χ0v) is 9.98. The minimum absolute atomic E-state index is 0.0577. The third-order valence-electron chi connectivity index (χ3n) is 1.81. The quantitative estimate of drug-likeness (QED) is 0.521. The Labute approximate surface area is 99.9 Å². The number of halogens is 1. The number of hydrogen-bond acceptors (Lipinski definition) is 4. The van der Waals surface area contributed by atoms with E-state index < -0.39 is 4.92 Å². The molecule has 16 heavy (non-hydrogen) atoms. The number of anilines is 1. The van der Waals surface area contributed by atoms with Crippen LogP contribution in [0.1, 0.15) is 0 Å². The fourth-order valence-corrected chi connectivity index (χ4v) is 1.28. The van der Waals surface area contributed by atoms with E-state index in [0.29, 0.717) is 0 Å². The molecule has 0 heterocycles. The third-order valence-corrected chi connectivity index (χ3v) is 2.32. The Morgan fingerprint density at radius 3 is 2.81 bits per heavy atom. The Kier molecular flexibility index (Phi) is 4.24. The highest BCUT2D eigenvalue weighted by molar-refractivity contribution is 9.09. The number of nitro benzene ring substituents is 1. The summed E-state index contributed by atoms with van der Waals surface area (Å²) in [6, 6.07) is 4.32. The number of methoxy groups -OCH3 is 1. The molecule has 0 saturated heterocycles. The van der Waals surface area contributed by atoms with E-state index in [1.165, 1.54) is 25.3 Å².